The average molecular weight is 219 g/mol. The number of hydrogen-bond donors (Lipinski definition) is 2. The van der Waals surface area contributed by atoms with Gasteiger partial charge >= 0.3 is 0 Å². The highest BCUT2D eigenvalue weighted by molar-refractivity contribution is 5.65. The van der Waals surface area contributed by atoms with E-state index in [1.54, 1.807) is 6.20 Å². The molecular weight excluding hydrogens is 202 g/mol. The Morgan fingerprint density at radius 3 is 2.94 bits per heavy atom. The highest BCUT2D eigenvalue weighted by atomic mass is 15.1. The summed E-state index contributed by atoms with van der Waals surface area (Å²) in [7, 11) is 1.86. The Bertz CT molecular complexity index is 474. The van der Waals surface area contributed by atoms with E-state index >= 15 is 0 Å². The zero-order chi connectivity index (χ0) is 11.5. The van der Waals surface area contributed by atoms with Crippen LogP contribution in [0.2, 0.25) is 0 Å². The van der Waals surface area contributed by atoms with Gasteiger partial charge in [-0.1, -0.05) is 13.8 Å². The highest BCUT2D eigenvalue weighted by Gasteiger charge is 2.06. The Labute approximate surface area is 94.9 Å². The van der Waals surface area contributed by atoms with Gasteiger partial charge in [-0.25, -0.2) is 9.97 Å². The van der Waals surface area contributed by atoms with Gasteiger partial charge in [-0.3, -0.25) is 0 Å². The summed E-state index contributed by atoms with van der Waals surface area (Å²) in [5.41, 5.74) is 0.861. The number of aromatic nitrogens is 3. The van der Waals surface area contributed by atoms with E-state index in [4.69, 9.17) is 0 Å². The number of nitrogens with zero attached hydrogens (tertiary/aromatic N) is 3. The molecule has 0 spiro atoms. The molecule has 0 unspecified atom stereocenters. The van der Waals surface area contributed by atoms with E-state index in [9.17, 15) is 0 Å². The van der Waals surface area contributed by atoms with Crippen molar-refractivity contribution in [1.29, 1.82) is 0 Å². The van der Waals surface area contributed by atoms with Crippen molar-refractivity contribution >= 4 is 17.3 Å². The smallest absolute Gasteiger partial charge is 0.180 e. The fourth-order valence-electron chi connectivity index (χ4n) is 1.47. The number of imidazole rings is 1. The minimum absolute atomic E-state index is 0.579. The van der Waals surface area contributed by atoms with Gasteiger partial charge in [-0.2, -0.15) is 0 Å². The van der Waals surface area contributed by atoms with Gasteiger partial charge in [0.05, 0.1) is 6.20 Å². The van der Waals surface area contributed by atoms with Crippen LogP contribution in [-0.2, 0) is 0 Å². The van der Waals surface area contributed by atoms with E-state index in [1.807, 2.05) is 23.8 Å². The molecule has 2 heterocycles. The molecule has 2 aromatic rings. The fraction of sp³-hybridized carbons (Fsp3) is 0.455. The molecule has 2 rings (SSSR count). The van der Waals surface area contributed by atoms with Crippen LogP contribution >= 0.6 is 0 Å². The molecule has 0 radical (unpaired) electrons. The van der Waals surface area contributed by atoms with Crippen molar-refractivity contribution in [3.05, 3.63) is 18.6 Å². The summed E-state index contributed by atoms with van der Waals surface area (Å²) in [5, 5.41) is 6.35. The van der Waals surface area contributed by atoms with Gasteiger partial charge in [-0.05, 0) is 5.92 Å². The molecule has 0 aliphatic carbocycles. The first kappa shape index (κ1) is 10.7. The molecule has 0 bridgehead atoms. The molecule has 5 nitrogen and oxygen atoms in total. The van der Waals surface area contributed by atoms with E-state index in [0.717, 1.165) is 23.8 Å². The summed E-state index contributed by atoms with van der Waals surface area (Å²) >= 11 is 0. The van der Waals surface area contributed by atoms with Gasteiger partial charge in [0.25, 0.3) is 0 Å². The Morgan fingerprint density at radius 1 is 1.44 bits per heavy atom. The van der Waals surface area contributed by atoms with E-state index < -0.39 is 0 Å². The second-order valence-corrected chi connectivity index (χ2v) is 4.16. The molecule has 2 N–H and O–H groups in total. The molecule has 16 heavy (non-hydrogen) atoms. The van der Waals surface area contributed by atoms with E-state index in [-0.39, 0.29) is 0 Å². The Kier molecular flexibility index (Phi) is 2.94. The standard InChI is InChI=1S/C11H17N5/c1-8(2)6-14-10-11-13-4-5-16(11)7-9(12-3)15-10/h4-5,7-8,12H,6H2,1-3H3,(H,14,15). The molecule has 0 aromatic carbocycles. The predicted octanol–water partition coefficient (Wildman–Crippen LogP) is 1.84. The zero-order valence-corrected chi connectivity index (χ0v) is 9.86. The summed E-state index contributed by atoms with van der Waals surface area (Å²) in [6.45, 7) is 5.22. The number of fused-ring (bicyclic) bond motifs is 1. The first-order chi connectivity index (χ1) is 7.70. The van der Waals surface area contributed by atoms with Crippen LogP contribution in [0.3, 0.4) is 0 Å². The van der Waals surface area contributed by atoms with Crippen LogP contribution in [-0.4, -0.2) is 28.0 Å². The third kappa shape index (κ3) is 2.08. The van der Waals surface area contributed by atoms with Crippen LogP contribution in [0.15, 0.2) is 18.6 Å². The first-order valence-electron chi connectivity index (χ1n) is 5.46. The largest absolute Gasteiger partial charge is 0.372 e. The molecule has 0 fully saturated rings. The number of hydrogen-bond acceptors (Lipinski definition) is 4. The minimum atomic E-state index is 0.579. The SMILES string of the molecule is CNc1cn2ccnc2c(NCC(C)C)n1. The first-order valence-corrected chi connectivity index (χ1v) is 5.46. The van der Waals surface area contributed by atoms with Crippen LogP contribution in [0.4, 0.5) is 11.6 Å². The van der Waals surface area contributed by atoms with Gasteiger partial charge in [0, 0.05) is 26.0 Å². The average Bonchev–Trinajstić information content (AvgIpc) is 2.73. The Hall–Kier alpha value is -1.78. The van der Waals surface area contributed by atoms with Gasteiger partial charge in [0.15, 0.2) is 11.5 Å². The highest BCUT2D eigenvalue weighted by Crippen LogP contribution is 2.16. The van der Waals surface area contributed by atoms with Crippen molar-refractivity contribution in [3.8, 4) is 0 Å². The maximum atomic E-state index is 4.46. The molecular formula is C11H17N5. The van der Waals surface area contributed by atoms with Crippen molar-refractivity contribution in [2.24, 2.45) is 5.92 Å². The van der Waals surface area contributed by atoms with Crippen molar-refractivity contribution in [1.82, 2.24) is 14.4 Å². The van der Waals surface area contributed by atoms with Crippen LogP contribution in [0.25, 0.3) is 5.65 Å². The van der Waals surface area contributed by atoms with E-state index in [2.05, 4.69) is 34.4 Å². The van der Waals surface area contributed by atoms with Gasteiger partial charge < -0.3 is 15.0 Å². The van der Waals surface area contributed by atoms with Crippen LogP contribution in [0, 0.1) is 5.92 Å². The third-order valence-corrected chi connectivity index (χ3v) is 2.31. The van der Waals surface area contributed by atoms with E-state index in [0.29, 0.717) is 5.92 Å². The van der Waals surface area contributed by atoms with Gasteiger partial charge in [0.1, 0.15) is 5.82 Å². The number of nitrogens with one attached hydrogen (secondary N) is 2. The van der Waals surface area contributed by atoms with Crippen molar-refractivity contribution in [3.63, 3.8) is 0 Å². The molecule has 0 saturated carbocycles. The maximum Gasteiger partial charge on any atom is 0.180 e. The predicted molar refractivity (Wildman–Crippen MR) is 65.9 cm³/mol. The lowest BCUT2D eigenvalue weighted by molar-refractivity contribution is 0.687. The molecule has 0 saturated heterocycles. The quantitative estimate of drug-likeness (QED) is 0.824. The van der Waals surface area contributed by atoms with Crippen molar-refractivity contribution in [2.45, 2.75) is 13.8 Å². The molecule has 2 aromatic heterocycles. The Balaban J connectivity index is 2.36. The summed E-state index contributed by atoms with van der Waals surface area (Å²) in [4.78, 5) is 8.74. The number of rotatable bonds is 4. The lowest BCUT2D eigenvalue weighted by Crippen LogP contribution is -2.11. The van der Waals surface area contributed by atoms with Crippen LogP contribution < -0.4 is 10.6 Å². The maximum absolute atomic E-state index is 4.46. The lowest BCUT2D eigenvalue weighted by Gasteiger charge is -2.10. The molecule has 0 aliphatic rings. The van der Waals surface area contributed by atoms with E-state index in [1.165, 1.54) is 0 Å². The topological polar surface area (TPSA) is 54.2 Å². The number of anilines is 2. The minimum Gasteiger partial charge on any atom is -0.372 e. The summed E-state index contributed by atoms with van der Waals surface area (Å²) in [5.74, 6) is 2.23. The fourth-order valence-corrected chi connectivity index (χ4v) is 1.47. The van der Waals surface area contributed by atoms with Gasteiger partial charge in [-0.15, -0.1) is 0 Å². The Morgan fingerprint density at radius 2 is 2.25 bits per heavy atom. The summed E-state index contributed by atoms with van der Waals surface area (Å²) in [6.07, 6.45) is 5.61. The summed E-state index contributed by atoms with van der Waals surface area (Å²) < 4.78 is 1.96. The molecule has 0 amide bonds. The van der Waals surface area contributed by atoms with Crippen molar-refractivity contribution < 1.29 is 0 Å². The lowest BCUT2D eigenvalue weighted by atomic mass is 10.2. The van der Waals surface area contributed by atoms with Crippen molar-refractivity contribution in [2.75, 3.05) is 24.2 Å². The molecule has 0 atom stereocenters. The van der Waals surface area contributed by atoms with Crippen LogP contribution in [0.5, 0.6) is 0 Å². The third-order valence-electron chi connectivity index (χ3n) is 2.31. The molecule has 5 heteroatoms. The normalized spacial score (nSPS) is 11.0. The molecule has 0 aliphatic heterocycles. The monoisotopic (exact) mass is 219 g/mol. The van der Waals surface area contributed by atoms with Gasteiger partial charge in [0.2, 0.25) is 0 Å². The zero-order valence-electron chi connectivity index (χ0n) is 9.86. The molecule has 86 valence electrons. The van der Waals surface area contributed by atoms with Crippen LogP contribution in [0.1, 0.15) is 13.8 Å². The second kappa shape index (κ2) is 4.38. The second-order valence-electron chi connectivity index (χ2n) is 4.16. The summed E-state index contributed by atoms with van der Waals surface area (Å²) in [6, 6.07) is 0.